The fraction of sp³-hybridized carbons (Fsp3) is 0.605. The molecule has 0 radical (unpaired) electrons. The third-order valence-electron chi connectivity index (χ3n) is 9.56. The Kier molecular flexibility index (Phi) is 13.8. The maximum absolute atomic E-state index is 5.41. The summed E-state index contributed by atoms with van der Waals surface area (Å²) in [6.07, 6.45) is 29.1. The van der Waals surface area contributed by atoms with E-state index in [1.54, 1.807) is 0 Å². The molecule has 2 aliphatic heterocycles. The Labute approximate surface area is 263 Å². The lowest BCUT2D eigenvalue weighted by Gasteiger charge is -2.32. The minimum absolute atomic E-state index is 0.860. The van der Waals surface area contributed by atoms with Crippen LogP contribution in [0.2, 0.25) is 0 Å². The summed E-state index contributed by atoms with van der Waals surface area (Å²) >= 11 is 0. The van der Waals surface area contributed by atoms with Gasteiger partial charge in [0.2, 0.25) is 0 Å². The Hall–Kier alpha value is -2.47. The van der Waals surface area contributed by atoms with Gasteiger partial charge in [0, 0.05) is 75.2 Å². The number of allylic oxidation sites excluding steroid dienone is 4. The maximum atomic E-state index is 5.41. The van der Waals surface area contributed by atoms with Crippen molar-refractivity contribution in [2.24, 2.45) is 11.7 Å². The van der Waals surface area contributed by atoms with Gasteiger partial charge in [0.25, 0.3) is 0 Å². The van der Waals surface area contributed by atoms with Crippen molar-refractivity contribution < 1.29 is 0 Å². The number of pyridine rings is 1. The van der Waals surface area contributed by atoms with Crippen LogP contribution in [0.1, 0.15) is 94.6 Å². The van der Waals surface area contributed by atoms with Crippen LogP contribution in [0.5, 0.6) is 0 Å². The van der Waals surface area contributed by atoms with Crippen LogP contribution < -0.4 is 5.73 Å². The topological polar surface area (TPSA) is 48.6 Å². The molecule has 1 saturated heterocycles. The van der Waals surface area contributed by atoms with Crippen LogP contribution in [-0.2, 0) is 6.42 Å². The van der Waals surface area contributed by atoms with Gasteiger partial charge in [-0.05, 0) is 80.8 Å². The Balaban J connectivity index is 0.000000277. The number of nitrogens with zero attached hydrogens (tertiary/aromatic N) is 4. The standard InChI is InChI=1S/C26H34N4.C12H25N/c1-19-24-14-21(17-30-12-10-28(2)11-13-30)15-25(24)26(18-29(19)3)23-8-9-27-16-22(23)7-6-20-4-5-20;1-2-3-4-5-6-7-8-9-10-11-12-13/h8-9,14,16,18,20H,1,4-7,10-13,15,17H2,2-3H3;2H,1,3-13H2. The highest BCUT2D eigenvalue weighted by atomic mass is 15.2. The number of rotatable bonds is 16. The van der Waals surface area contributed by atoms with E-state index in [1.165, 1.54) is 124 Å². The molecule has 3 heterocycles. The maximum Gasteiger partial charge on any atom is 0.0407 e. The molecule has 5 rings (SSSR count). The molecular formula is C38H59N5. The predicted molar refractivity (Wildman–Crippen MR) is 185 cm³/mol. The predicted octanol–water partition coefficient (Wildman–Crippen LogP) is 7.74. The molecule has 5 heteroatoms. The molecule has 0 spiro atoms. The largest absolute Gasteiger partial charge is 0.350 e. The number of hydrogen-bond donors (Lipinski definition) is 1. The highest BCUT2D eigenvalue weighted by molar-refractivity contribution is 5.86. The van der Waals surface area contributed by atoms with Crippen LogP contribution in [0, 0.1) is 5.92 Å². The molecule has 0 aromatic carbocycles. The molecule has 5 nitrogen and oxygen atoms in total. The molecule has 236 valence electrons. The molecule has 0 bridgehead atoms. The van der Waals surface area contributed by atoms with Crippen molar-refractivity contribution >= 4 is 5.57 Å². The second kappa shape index (κ2) is 17.7. The molecule has 2 fully saturated rings. The molecule has 2 N–H and O–H groups in total. The van der Waals surface area contributed by atoms with Crippen LogP contribution in [0.15, 0.2) is 72.4 Å². The Bertz CT molecular complexity index is 1130. The van der Waals surface area contributed by atoms with Crippen molar-refractivity contribution in [2.75, 3.05) is 53.4 Å². The third-order valence-corrected chi connectivity index (χ3v) is 9.56. The van der Waals surface area contributed by atoms with Crippen LogP contribution in [0.4, 0.5) is 0 Å². The minimum Gasteiger partial charge on any atom is -0.350 e. The van der Waals surface area contributed by atoms with Crippen LogP contribution in [0.25, 0.3) is 5.57 Å². The fourth-order valence-corrected chi connectivity index (χ4v) is 6.48. The molecule has 0 amide bonds. The zero-order valence-electron chi connectivity index (χ0n) is 27.5. The molecule has 4 aliphatic rings. The van der Waals surface area contributed by atoms with Gasteiger partial charge in [0.05, 0.1) is 0 Å². The van der Waals surface area contributed by atoms with E-state index < -0.39 is 0 Å². The first kappa shape index (κ1) is 33.4. The highest BCUT2D eigenvalue weighted by Gasteiger charge is 2.29. The lowest BCUT2D eigenvalue weighted by molar-refractivity contribution is 0.163. The van der Waals surface area contributed by atoms with Crippen LogP contribution in [0.3, 0.4) is 0 Å². The van der Waals surface area contributed by atoms with E-state index in [0.717, 1.165) is 50.6 Å². The van der Waals surface area contributed by atoms with Gasteiger partial charge in [-0.2, -0.15) is 0 Å². The molecule has 0 unspecified atom stereocenters. The number of unbranched alkanes of at least 4 members (excludes halogenated alkanes) is 8. The molecule has 2 aliphatic carbocycles. The lowest BCUT2D eigenvalue weighted by Crippen LogP contribution is -2.44. The summed E-state index contributed by atoms with van der Waals surface area (Å²) in [7, 11) is 4.35. The van der Waals surface area contributed by atoms with Gasteiger partial charge < -0.3 is 15.5 Å². The first-order chi connectivity index (χ1) is 21.0. The molecule has 1 saturated carbocycles. The SMILES string of the molecule is C=C1C2=C(CC(CN3CCN(C)CC3)=C2)C(c2ccncc2CCC2CC2)=CN1C.C=CCCCCCCCCCCN. The zero-order valence-corrected chi connectivity index (χ0v) is 27.5. The van der Waals surface area contributed by atoms with Gasteiger partial charge in [-0.15, -0.1) is 6.58 Å². The Morgan fingerprint density at radius 3 is 2.35 bits per heavy atom. The zero-order chi connectivity index (χ0) is 30.4. The van der Waals surface area contributed by atoms with Crippen molar-refractivity contribution in [1.29, 1.82) is 0 Å². The minimum atomic E-state index is 0.860. The summed E-state index contributed by atoms with van der Waals surface area (Å²) in [5.74, 6) is 0.943. The van der Waals surface area contributed by atoms with Crippen molar-refractivity contribution in [3.8, 4) is 0 Å². The van der Waals surface area contributed by atoms with Crippen LogP contribution >= 0.6 is 0 Å². The van der Waals surface area contributed by atoms with E-state index in [1.807, 2.05) is 12.3 Å². The number of likely N-dealkylation sites (N-methyl/N-ethyl adjacent to an activating group) is 2. The molecule has 1 aromatic rings. The van der Waals surface area contributed by atoms with Crippen molar-refractivity contribution in [1.82, 2.24) is 19.7 Å². The van der Waals surface area contributed by atoms with E-state index in [4.69, 9.17) is 5.73 Å². The number of nitrogens with two attached hydrogens (primary N) is 1. The van der Waals surface area contributed by atoms with Gasteiger partial charge in [-0.1, -0.05) is 75.7 Å². The number of aryl methyl sites for hydroxylation is 1. The smallest absolute Gasteiger partial charge is 0.0407 e. The van der Waals surface area contributed by atoms with E-state index in [0.29, 0.717) is 0 Å². The molecule has 0 atom stereocenters. The van der Waals surface area contributed by atoms with Crippen LogP contribution in [-0.4, -0.2) is 73.0 Å². The quantitative estimate of drug-likeness (QED) is 0.159. The lowest BCUT2D eigenvalue weighted by atomic mass is 9.88. The van der Waals surface area contributed by atoms with E-state index in [9.17, 15) is 0 Å². The first-order valence-corrected chi connectivity index (χ1v) is 17.2. The first-order valence-electron chi connectivity index (χ1n) is 17.2. The van der Waals surface area contributed by atoms with Gasteiger partial charge in [0.1, 0.15) is 0 Å². The van der Waals surface area contributed by atoms with Gasteiger partial charge >= 0.3 is 0 Å². The average Bonchev–Trinajstić information content (AvgIpc) is 3.76. The summed E-state index contributed by atoms with van der Waals surface area (Å²) in [5.41, 5.74) is 15.0. The summed E-state index contributed by atoms with van der Waals surface area (Å²) in [4.78, 5) is 11.7. The van der Waals surface area contributed by atoms with Crippen molar-refractivity contribution in [3.63, 3.8) is 0 Å². The van der Waals surface area contributed by atoms with E-state index in [2.05, 4.69) is 71.5 Å². The van der Waals surface area contributed by atoms with Gasteiger partial charge in [0.15, 0.2) is 0 Å². The second-order valence-electron chi connectivity index (χ2n) is 13.3. The Morgan fingerprint density at radius 1 is 0.977 bits per heavy atom. The van der Waals surface area contributed by atoms with E-state index >= 15 is 0 Å². The average molecular weight is 586 g/mol. The van der Waals surface area contributed by atoms with Crippen molar-refractivity contribution in [3.05, 3.63) is 83.5 Å². The number of aromatic nitrogens is 1. The molecule has 43 heavy (non-hydrogen) atoms. The normalized spacial score (nSPS) is 19.1. The summed E-state index contributed by atoms with van der Waals surface area (Å²) in [6.45, 7) is 14.7. The summed E-state index contributed by atoms with van der Waals surface area (Å²) in [5, 5.41) is 0. The Morgan fingerprint density at radius 2 is 1.67 bits per heavy atom. The third kappa shape index (κ3) is 10.6. The highest BCUT2D eigenvalue weighted by Crippen LogP contribution is 2.44. The van der Waals surface area contributed by atoms with E-state index in [-0.39, 0.29) is 0 Å². The van der Waals surface area contributed by atoms with Gasteiger partial charge in [-0.25, -0.2) is 0 Å². The van der Waals surface area contributed by atoms with Crippen molar-refractivity contribution in [2.45, 2.75) is 89.9 Å². The monoisotopic (exact) mass is 585 g/mol. The fourth-order valence-electron chi connectivity index (χ4n) is 6.48. The second-order valence-corrected chi connectivity index (χ2v) is 13.3. The summed E-state index contributed by atoms with van der Waals surface area (Å²) < 4.78 is 0. The number of hydrogen-bond acceptors (Lipinski definition) is 5. The summed E-state index contributed by atoms with van der Waals surface area (Å²) in [6, 6.07) is 2.22. The molecule has 1 aromatic heterocycles. The van der Waals surface area contributed by atoms with Gasteiger partial charge in [-0.3, -0.25) is 9.88 Å². The number of piperazine rings is 1. The molecular weight excluding hydrogens is 526 g/mol.